The Balaban J connectivity index is 1.56. The fraction of sp³-hybridized carbons (Fsp3) is 0.579. The highest BCUT2D eigenvalue weighted by atomic mass is 16.2. The van der Waals surface area contributed by atoms with Gasteiger partial charge in [-0.25, -0.2) is 4.79 Å². The molecule has 1 aromatic carbocycles. The van der Waals surface area contributed by atoms with Crippen molar-refractivity contribution < 1.29 is 9.59 Å². The van der Waals surface area contributed by atoms with Gasteiger partial charge in [0.05, 0.1) is 6.04 Å². The van der Waals surface area contributed by atoms with Gasteiger partial charge in [0.15, 0.2) is 0 Å². The quantitative estimate of drug-likeness (QED) is 0.872. The fourth-order valence-corrected chi connectivity index (χ4v) is 4.93. The molecular formula is C19H26N4O2. The lowest BCUT2D eigenvalue weighted by molar-refractivity contribution is -0.119. The van der Waals surface area contributed by atoms with Gasteiger partial charge in [0.1, 0.15) is 0 Å². The van der Waals surface area contributed by atoms with E-state index < -0.39 is 0 Å². The molecule has 1 aromatic rings. The van der Waals surface area contributed by atoms with E-state index >= 15 is 0 Å². The zero-order chi connectivity index (χ0) is 17.6. The summed E-state index contributed by atoms with van der Waals surface area (Å²) in [4.78, 5) is 27.9. The largest absolute Gasteiger partial charge is 0.370 e. The molecule has 2 atom stereocenters. The summed E-state index contributed by atoms with van der Waals surface area (Å²) in [6.45, 7) is 1.41. The molecule has 6 heteroatoms. The van der Waals surface area contributed by atoms with Crippen LogP contribution in [0.4, 0.5) is 10.5 Å². The van der Waals surface area contributed by atoms with Crippen molar-refractivity contribution in [2.45, 2.75) is 56.0 Å². The highest BCUT2D eigenvalue weighted by Crippen LogP contribution is 2.44. The number of benzene rings is 1. The van der Waals surface area contributed by atoms with Gasteiger partial charge in [-0.3, -0.25) is 9.69 Å². The van der Waals surface area contributed by atoms with Gasteiger partial charge in [-0.15, -0.1) is 0 Å². The molecule has 2 aliphatic heterocycles. The number of carbonyl (C=O) groups excluding carboxylic acids is 2. The molecular weight excluding hydrogens is 316 g/mol. The van der Waals surface area contributed by atoms with Gasteiger partial charge >= 0.3 is 6.03 Å². The zero-order valence-corrected chi connectivity index (χ0v) is 14.5. The van der Waals surface area contributed by atoms with E-state index in [-0.39, 0.29) is 29.4 Å². The number of carbonyl (C=O) groups is 2. The molecule has 0 unspecified atom stereocenters. The number of anilines is 1. The van der Waals surface area contributed by atoms with Gasteiger partial charge in [0.25, 0.3) is 0 Å². The molecule has 4 N–H and O–H groups in total. The van der Waals surface area contributed by atoms with Crippen LogP contribution in [0.15, 0.2) is 24.3 Å². The van der Waals surface area contributed by atoms with E-state index in [0.29, 0.717) is 13.0 Å². The van der Waals surface area contributed by atoms with E-state index in [1.54, 1.807) is 0 Å². The second-order valence-electron chi connectivity index (χ2n) is 7.78. The van der Waals surface area contributed by atoms with Crippen LogP contribution in [-0.2, 0) is 10.2 Å². The first kappa shape index (κ1) is 16.4. The van der Waals surface area contributed by atoms with Crippen molar-refractivity contribution in [3.8, 4) is 0 Å². The highest BCUT2D eigenvalue weighted by molar-refractivity contribution is 5.95. The standard InChI is InChI=1S/C19H26N4O2/c20-15-7-10-22-16(15)12-23(18(22)25)14-5-3-13(4-6-14)19(11-17(21)24)8-1-2-9-19/h3-6,15-16H,1-2,7-12,20H2,(H2,21,24)/t15-,16-/m1/s1. The number of urea groups is 1. The molecule has 4 rings (SSSR count). The van der Waals surface area contributed by atoms with Crippen LogP contribution in [0, 0.1) is 0 Å². The maximum Gasteiger partial charge on any atom is 0.324 e. The summed E-state index contributed by atoms with van der Waals surface area (Å²) in [7, 11) is 0. The van der Waals surface area contributed by atoms with Crippen molar-refractivity contribution in [3.05, 3.63) is 29.8 Å². The zero-order valence-electron chi connectivity index (χ0n) is 14.5. The third-order valence-corrected chi connectivity index (χ3v) is 6.31. The molecule has 3 amide bonds. The van der Waals surface area contributed by atoms with Gasteiger partial charge in [-0.05, 0) is 37.0 Å². The van der Waals surface area contributed by atoms with Gasteiger partial charge < -0.3 is 16.4 Å². The number of nitrogens with zero attached hydrogens (tertiary/aromatic N) is 2. The molecule has 3 aliphatic rings. The molecule has 2 saturated heterocycles. The molecule has 6 nitrogen and oxygen atoms in total. The number of amides is 3. The van der Waals surface area contributed by atoms with Crippen molar-refractivity contribution in [1.82, 2.24) is 4.90 Å². The van der Waals surface area contributed by atoms with Crippen LogP contribution in [-0.4, -0.2) is 42.0 Å². The van der Waals surface area contributed by atoms with E-state index in [0.717, 1.165) is 49.9 Å². The van der Waals surface area contributed by atoms with Crippen LogP contribution >= 0.6 is 0 Å². The molecule has 1 aliphatic carbocycles. The van der Waals surface area contributed by atoms with Crippen LogP contribution in [0.3, 0.4) is 0 Å². The van der Waals surface area contributed by atoms with Crippen LogP contribution < -0.4 is 16.4 Å². The minimum absolute atomic E-state index is 0.0541. The molecule has 0 bridgehead atoms. The van der Waals surface area contributed by atoms with Crippen molar-refractivity contribution in [3.63, 3.8) is 0 Å². The molecule has 2 heterocycles. The van der Waals surface area contributed by atoms with Gasteiger partial charge in [0, 0.05) is 36.7 Å². The maximum absolute atomic E-state index is 12.6. The van der Waals surface area contributed by atoms with Crippen molar-refractivity contribution in [1.29, 1.82) is 0 Å². The first-order valence-corrected chi connectivity index (χ1v) is 9.23. The Bertz CT molecular complexity index is 681. The van der Waals surface area contributed by atoms with Gasteiger partial charge in [0.2, 0.25) is 5.91 Å². The predicted molar refractivity (Wildman–Crippen MR) is 96.2 cm³/mol. The van der Waals surface area contributed by atoms with Gasteiger partial charge in [-0.1, -0.05) is 25.0 Å². The number of rotatable bonds is 4. The maximum atomic E-state index is 12.6. The lowest BCUT2D eigenvalue weighted by Crippen LogP contribution is -2.37. The van der Waals surface area contributed by atoms with E-state index in [4.69, 9.17) is 11.5 Å². The summed E-state index contributed by atoms with van der Waals surface area (Å²) in [5.41, 5.74) is 13.6. The lowest BCUT2D eigenvalue weighted by Gasteiger charge is -2.29. The third kappa shape index (κ3) is 2.68. The molecule has 0 spiro atoms. The van der Waals surface area contributed by atoms with Crippen molar-refractivity contribution >= 4 is 17.6 Å². The van der Waals surface area contributed by atoms with Crippen LogP contribution in [0.1, 0.15) is 44.1 Å². The first-order valence-electron chi connectivity index (χ1n) is 9.23. The van der Waals surface area contributed by atoms with Crippen LogP contribution in [0.25, 0.3) is 0 Å². The molecule has 3 fully saturated rings. The number of nitrogens with two attached hydrogens (primary N) is 2. The minimum atomic E-state index is -0.240. The molecule has 25 heavy (non-hydrogen) atoms. The average molecular weight is 342 g/mol. The SMILES string of the molecule is NC(=O)CC1(c2ccc(N3C[C@@H]4[C@H](N)CCN4C3=O)cc2)CCCC1. The monoisotopic (exact) mass is 342 g/mol. The summed E-state index contributed by atoms with van der Waals surface area (Å²) >= 11 is 0. The van der Waals surface area contributed by atoms with Crippen molar-refractivity contribution in [2.24, 2.45) is 11.5 Å². The predicted octanol–water partition coefficient (Wildman–Crippen LogP) is 1.72. The van der Waals surface area contributed by atoms with E-state index in [9.17, 15) is 9.59 Å². The van der Waals surface area contributed by atoms with Crippen LogP contribution in [0.5, 0.6) is 0 Å². The van der Waals surface area contributed by atoms with Crippen molar-refractivity contribution in [2.75, 3.05) is 18.0 Å². The third-order valence-electron chi connectivity index (χ3n) is 6.31. The summed E-state index contributed by atoms with van der Waals surface area (Å²) in [6.07, 6.45) is 5.56. The lowest BCUT2D eigenvalue weighted by atomic mass is 9.76. The number of fused-ring (bicyclic) bond motifs is 1. The Kier molecular flexibility index (Phi) is 3.95. The Hall–Kier alpha value is -2.08. The average Bonchev–Trinajstić information content (AvgIpc) is 3.27. The van der Waals surface area contributed by atoms with E-state index in [1.807, 2.05) is 21.9 Å². The summed E-state index contributed by atoms with van der Waals surface area (Å²) < 4.78 is 0. The molecule has 0 aromatic heterocycles. The first-order chi connectivity index (χ1) is 12.0. The summed E-state index contributed by atoms with van der Waals surface area (Å²) in [5, 5.41) is 0. The molecule has 1 saturated carbocycles. The highest BCUT2D eigenvalue weighted by Gasteiger charge is 2.45. The second-order valence-corrected chi connectivity index (χ2v) is 7.78. The topological polar surface area (TPSA) is 92.7 Å². The fourth-order valence-electron chi connectivity index (χ4n) is 4.93. The normalized spacial score (nSPS) is 27.8. The van der Waals surface area contributed by atoms with Crippen LogP contribution in [0.2, 0.25) is 0 Å². The second kappa shape index (κ2) is 6.02. The number of hydrogen-bond donors (Lipinski definition) is 2. The Labute approximate surface area is 148 Å². The summed E-state index contributed by atoms with van der Waals surface area (Å²) in [5.74, 6) is -0.240. The minimum Gasteiger partial charge on any atom is -0.370 e. The van der Waals surface area contributed by atoms with E-state index in [1.165, 1.54) is 0 Å². The van der Waals surface area contributed by atoms with E-state index in [2.05, 4.69) is 12.1 Å². The number of primary amides is 1. The Morgan fingerprint density at radius 1 is 1.20 bits per heavy atom. The smallest absolute Gasteiger partial charge is 0.324 e. The Morgan fingerprint density at radius 2 is 1.88 bits per heavy atom. The Morgan fingerprint density at radius 3 is 2.48 bits per heavy atom. The molecule has 134 valence electrons. The number of hydrogen-bond acceptors (Lipinski definition) is 3. The molecule has 0 radical (unpaired) electrons. The summed E-state index contributed by atoms with van der Waals surface area (Å²) in [6, 6.07) is 8.40. The van der Waals surface area contributed by atoms with Gasteiger partial charge in [-0.2, -0.15) is 0 Å².